The van der Waals surface area contributed by atoms with E-state index in [0.29, 0.717) is 19.4 Å². The van der Waals surface area contributed by atoms with Crippen molar-refractivity contribution >= 4 is 12.0 Å². The Hall–Kier alpha value is -1.26. The molecule has 5 heteroatoms. The van der Waals surface area contributed by atoms with E-state index in [1.54, 1.807) is 0 Å². The van der Waals surface area contributed by atoms with E-state index in [9.17, 15) is 14.7 Å². The second-order valence-electron chi connectivity index (χ2n) is 5.56. The highest BCUT2D eigenvalue weighted by Gasteiger charge is 2.42. The molecule has 18 heavy (non-hydrogen) atoms. The Morgan fingerprint density at radius 3 is 2.44 bits per heavy atom. The Morgan fingerprint density at radius 2 is 1.89 bits per heavy atom. The molecule has 0 saturated heterocycles. The maximum Gasteiger partial charge on any atom is 0.329 e. The van der Waals surface area contributed by atoms with E-state index in [2.05, 4.69) is 10.6 Å². The van der Waals surface area contributed by atoms with Crippen molar-refractivity contribution in [2.75, 3.05) is 6.54 Å². The molecule has 0 radical (unpaired) electrons. The zero-order valence-corrected chi connectivity index (χ0v) is 10.7. The van der Waals surface area contributed by atoms with Gasteiger partial charge in [0.15, 0.2) is 0 Å². The number of urea groups is 1. The summed E-state index contributed by atoms with van der Waals surface area (Å²) in [6.45, 7) is 0.637. The predicted octanol–water partition coefficient (Wildman–Crippen LogP) is 1.87. The quantitative estimate of drug-likeness (QED) is 0.633. The van der Waals surface area contributed by atoms with Crippen molar-refractivity contribution in [1.82, 2.24) is 10.6 Å². The van der Waals surface area contributed by atoms with Gasteiger partial charge in [-0.3, -0.25) is 0 Å². The van der Waals surface area contributed by atoms with Crippen molar-refractivity contribution in [3.8, 4) is 0 Å². The fourth-order valence-electron chi connectivity index (χ4n) is 2.63. The molecule has 0 bridgehead atoms. The van der Waals surface area contributed by atoms with Gasteiger partial charge in [0.1, 0.15) is 5.54 Å². The molecule has 2 fully saturated rings. The lowest BCUT2D eigenvalue weighted by Gasteiger charge is -2.25. The number of nitrogens with one attached hydrogen (secondary N) is 2. The van der Waals surface area contributed by atoms with Crippen LogP contribution in [0.5, 0.6) is 0 Å². The summed E-state index contributed by atoms with van der Waals surface area (Å²) in [5.74, 6) is -0.0387. The molecule has 0 heterocycles. The van der Waals surface area contributed by atoms with Crippen LogP contribution in [0.4, 0.5) is 4.79 Å². The van der Waals surface area contributed by atoms with Crippen LogP contribution in [0.15, 0.2) is 0 Å². The van der Waals surface area contributed by atoms with Gasteiger partial charge in [0.05, 0.1) is 0 Å². The topological polar surface area (TPSA) is 78.4 Å². The standard InChI is InChI=1S/C13H22N2O3/c16-11(17)13(7-1-2-8-13)15-12(18)14-9-3-4-10-5-6-10/h10H,1-9H2,(H,16,17)(H2,14,15,18). The number of amides is 2. The van der Waals surface area contributed by atoms with Gasteiger partial charge in [-0.2, -0.15) is 0 Å². The average molecular weight is 254 g/mol. The number of carboxylic acids is 1. The third kappa shape index (κ3) is 3.37. The third-order valence-corrected chi connectivity index (χ3v) is 3.99. The summed E-state index contributed by atoms with van der Waals surface area (Å²) in [6.07, 6.45) is 7.63. The van der Waals surface area contributed by atoms with Crippen molar-refractivity contribution in [2.24, 2.45) is 5.92 Å². The number of rotatable bonds is 6. The van der Waals surface area contributed by atoms with Crippen molar-refractivity contribution in [1.29, 1.82) is 0 Å². The van der Waals surface area contributed by atoms with Crippen LogP contribution < -0.4 is 10.6 Å². The molecule has 3 N–H and O–H groups in total. The lowest BCUT2D eigenvalue weighted by Crippen LogP contribution is -2.55. The minimum atomic E-state index is -1.03. The number of aliphatic carboxylic acids is 1. The molecule has 2 rings (SSSR count). The Labute approximate surface area is 107 Å². The van der Waals surface area contributed by atoms with Gasteiger partial charge in [0.25, 0.3) is 0 Å². The highest BCUT2D eigenvalue weighted by molar-refractivity contribution is 5.86. The number of carbonyl (C=O) groups is 2. The monoisotopic (exact) mass is 254 g/mol. The van der Waals surface area contributed by atoms with E-state index in [0.717, 1.165) is 25.2 Å². The van der Waals surface area contributed by atoms with Gasteiger partial charge in [-0.15, -0.1) is 0 Å². The normalized spacial score (nSPS) is 21.6. The molecule has 2 saturated carbocycles. The lowest BCUT2D eigenvalue weighted by atomic mass is 9.98. The molecule has 0 unspecified atom stereocenters. The van der Waals surface area contributed by atoms with Gasteiger partial charge in [-0.25, -0.2) is 9.59 Å². The van der Waals surface area contributed by atoms with Crippen LogP contribution in [-0.4, -0.2) is 29.2 Å². The first-order chi connectivity index (χ1) is 8.62. The van der Waals surface area contributed by atoms with Crippen LogP contribution in [0.1, 0.15) is 51.4 Å². The predicted molar refractivity (Wildman–Crippen MR) is 67.3 cm³/mol. The smallest absolute Gasteiger partial charge is 0.329 e. The summed E-state index contributed by atoms with van der Waals surface area (Å²) in [5.41, 5.74) is -1.03. The second-order valence-corrected chi connectivity index (χ2v) is 5.56. The van der Waals surface area contributed by atoms with Crippen LogP contribution in [-0.2, 0) is 4.79 Å². The molecule has 0 aliphatic heterocycles. The number of hydrogen-bond donors (Lipinski definition) is 3. The molecule has 0 aromatic rings. The van der Waals surface area contributed by atoms with Gasteiger partial charge >= 0.3 is 12.0 Å². The molecule has 2 amide bonds. The number of carbonyl (C=O) groups excluding carboxylic acids is 1. The van der Waals surface area contributed by atoms with Crippen LogP contribution in [0, 0.1) is 5.92 Å². The third-order valence-electron chi connectivity index (χ3n) is 3.99. The minimum absolute atomic E-state index is 0.338. The molecular weight excluding hydrogens is 232 g/mol. The van der Waals surface area contributed by atoms with Crippen molar-refractivity contribution in [3.63, 3.8) is 0 Å². The SMILES string of the molecule is O=C(NCCCC1CC1)NC1(C(=O)O)CCCC1. The van der Waals surface area contributed by atoms with E-state index in [-0.39, 0.29) is 6.03 Å². The molecule has 0 atom stereocenters. The Bertz CT molecular complexity index is 320. The van der Waals surface area contributed by atoms with Crippen LogP contribution in [0.3, 0.4) is 0 Å². The lowest BCUT2D eigenvalue weighted by molar-refractivity contribution is -0.144. The molecule has 0 aromatic heterocycles. The van der Waals surface area contributed by atoms with Crippen LogP contribution in [0.25, 0.3) is 0 Å². The van der Waals surface area contributed by atoms with Crippen molar-refractivity contribution in [2.45, 2.75) is 56.9 Å². The van der Waals surface area contributed by atoms with Crippen LogP contribution >= 0.6 is 0 Å². The Kier molecular flexibility index (Phi) is 4.09. The van der Waals surface area contributed by atoms with Gasteiger partial charge in [0, 0.05) is 6.54 Å². The maximum absolute atomic E-state index is 11.7. The largest absolute Gasteiger partial charge is 0.480 e. The van der Waals surface area contributed by atoms with E-state index in [4.69, 9.17) is 0 Å². The first-order valence-electron chi connectivity index (χ1n) is 6.92. The van der Waals surface area contributed by atoms with E-state index >= 15 is 0 Å². The summed E-state index contributed by atoms with van der Waals surface area (Å²) in [4.78, 5) is 22.9. The Balaban J connectivity index is 1.69. The average Bonchev–Trinajstić information content (AvgIpc) is 3.03. The Morgan fingerprint density at radius 1 is 1.22 bits per heavy atom. The van der Waals surface area contributed by atoms with Crippen molar-refractivity contribution in [3.05, 3.63) is 0 Å². The molecule has 0 spiro atoms. The molecule has 102 valence electrons. The van der Waals surface area contributed by atoms with E-state index in [1.807, 2.05) is 0 Å². The summed E-state index contributed by atoms with van der Waals surface area (Å²) < 4.78 is 0. The highest BCUT2D eigenvalue weighted by Crippen LogP contribution is 2.33. The molecule has 0 aromatic carbocycles. The zero-order valence-electron chi connectivity index (χ0n) is 10.7. The molecule has 2 aliphatic carbocycles. The van der Waals surface area contributed by atoms with Gasteiger partial charge < -0.3 is 15.7 Å². The first kappa shape index (κ1) is 13.2. The van der Waals surface area contributed by atoms with E-state index < -0.39 is 11.5 Å². The fraction of sp³-hybridized carbons (Fsp3) is 0.846. The zero-order chi connectivity index (χ0) is 13.0. The summed E-state index contributed by atoms with van der Waals surface area (Å²) in [6, 6.07) is -0.338. The first-order valence-corrected chi connectivity index (χ1v) is 6.92. The van der Waals surface area contributed by atoms with E-state index in [1.165, 1.54) is 19.3 Å². The second kappa shape index (κ2) is 5.59. The maximum atomic E-state index is 11.7. The fourth-order valence-corrected chi connectivity index (χ4v) is 2.63. The van der Waals surface area contributed by atoms with Gasteiger partial charge in [-0.1, -0.05) is 25.7 Å². The summed E-state index contributed by atoms with van der Waals surface area (Å²) in [5, 5.41) is 14.6. The van der Waals surface area contributed by atoms with Crippen LogP contribution in [0.2, 0.25) is 0 Å². The van der Waals surface area contributed by atoms with Gasteiger partial charge in [0.2, 0.25) is 0 Å². The summed E-state index contributed by atoms with van der Waals surface area (Å²) >= 11 is 0. The number of hydrogen-bond acceptors (Lipinski definition) is 2. The molecule has 2 aliphatic rings. The highest BCUT2D eigenvalue weighted by atomic mass is 16.4. The summed E-state index contributed by atoms with van der Waals surface area (Å²) in [7, 11) is 0. The minimum Gasteiger partial charge on any atom is -0.480 e. The number of carboxylic acid groups (broad SMARTS) is 1. The molecular formula is C13H22N2O3. The van der Waals surface area contributed by atoms with Gasteiger partial charge in [-0.05, 0) is 31.6 Å². The van der Waals surface area contributed by atoms with Crippen molar-refractivity contribution < 1.29 is 14.7 Å². The molecule has 5 nitrogen and oxygen atoms in total.